The first-order chi connectivity index (χ1) is 14.3. The van der Waals surface area contributed by atoms with Crippen molar-refractivity contribution in [1.29, 1.82) is 0 Å². The van der Waals surface area contributed by atoms with Crippen LogP contribution in [0, 0.1) is 12.3 Å². The quantitative estimate of drug-likeness (QED) is 0.295. The maximum Gasteiger partial charge on any atom is 0.310 e. The van der Waals surface area contributed by atoms with Gasteiger partial charge in [-0.15, -0.1) is 0 Å². The number of benzene rings is 1. The zero-order valence-corrected chi connectivity index (χ0v) is 19.4. The Hall–Kier alpha value is -2.10. The van der Waals surface area contributed by atoms with Gasteiger partial charge < -0.3 is 9.47 Å². The average Bonchev–Trinajstić information content (AvgIpc) is 2.66. The van der Waals surface area contributed by atoms with Crippen molar-refractivity contribution >= 4 is 17.3 Å². The lowest BCUT2D eigenvalue weighted by Gasteiger charge is -2.31. The van der Waals surface area contributed by atoms with E-state index in [0.29, 0.717) is 30.6 Å². The summed E-state index contributed by atoms with van der Waals surface area (Å²) in [6, 6.07) is 5.68. The Morgan fingerprint density at radius 3 is 2.33 bits per heavy atom. The van der Waals surface area contributed by atoms with Gasteiger partial charge in [-0.2, -0.15) is 0 Å². The number of aryl methyl sites for hydroxylation is 1. The van der Waals surface area contributed by atoms with Crippen LogP contribution < -0.4 is 4.74 Å². The first kappa shape index (κ1) is 24.2. The Bertz CT molecular complexity index is 773. The Kier molecular flexibility index (Phi) is 9.13. The summed E-state index contributed by atoms with van der Waals surface area (Å²) < 4.78 is 11.1. The number of Topliss-reactive ketones (excluding diaryl/α,β-unsaturated/α-hetero) is 1. The SMILES string of the molecule is CCCCCCCCCC(=O)OC1=C(c2ccc(OC)c(C)c2)C(=O)CC(C)(C)C1. The van der Waals surface area contributed by atoms with Crippen molar-refractivity contribution in [2.45, 2.75) is 91.9 Å². The Morgan fingerprint density at radius 1 is 1.03 bits per heavy atom. The molecule has 0 heterocycles. The number of methoxy groups -OCH3 is 1. The largest absolute Gasteiger partial charge is 0.496 e. The molecule has 0 unspecified atom stereocenters. The first-order valence-corrected chi connectivity index (χ1v) is 11.4. The van der Waals surface area contributed by atoms with Gasteiger partial charge in [-0.05, 0) is 42.0 Å². The van der Waals surface area contributed by atoms with Crippen LogP contribution in [0.3, 0.4) is 0 Å². The van der Waals surface area contributed by atoms with Crippen molar-refractivity contribution in [1.82, 2.24) is 0 Å². The second kappa shape index (κ2) is 11.3. The van der Waals surface area contributed by atoms with Crippen LogP contribution in [0.25, 0.3) is 5.57 Å². The predicted octanol–water partition coefficient (Wildman–Crippen LogP) is 6.79. The highest BCUT2D eigenvalue weighted by molar-refractivity contribution is 6.22. The molecule has 1 aliphatic rings. The zero-order chi connectivity index (χ0) is 22.1. The number of rotatable bonds is 11. The van der Waals surface area contributed by atoms with E-state index in [-0.39, 0.29) is 17.2 Å². The normalized spacial score (nSPS) is 16.0. The van der Waals surface area contributed by atoms with Gasteiger partial charge in [-0.3, -0.25) is 9.59 Å². The molecule has 2 rings (SSSR count). The third-order valence-electron chi connectivity index (χ3n) is 5.74. The van der Waals surface area contributed by atoms with Crippen LogP contribution in [0.4, 0.5) is 0 Å². The van der Waals surface area contributed by atoms with Crippen LogP contribution in [-0.2, 0) is 14.3 Å². The maximum absolute atomic E-state index is 13.0. The van der Waals surface area contributed by atoms with Crippen molar-refractivity contribution < 1.29 is 19.1 Å². The van der Waals surface area contributed by atoms with Crippen LogP contribution in [-0.4, -0.2) is 18.9 Å². The molecule has 0 fully saturated rings. The fraction of sp³-hybridized carbons (Fsp3) is 0.615. The van der Waals surface area contributed by atoms with Crippen molar-refractivity contribution in [3.63, 3.8) is 0 Å². The molecule has 0 aliphatic heterocycles. The van der Waals surface area contributed by atoms with E-state index in [2.05, 4.69) is 6.92 Å². The van der Waals surface area contributed by atoms with Crippen molar-refractivity contribution in [2.24, 2.45) is 5.41 Å². The number of hydrogen-bond donors (Lipinski definition) is 0. The number of ether oxygens (including phenoxy) is 2. The van der Waals surface area contributed by atoms with Crippen LogP contribution in [0.1, 0.15) is 96.1 Å². The molecule has 1 aliphatic carbocycles. The second-order valence-electron chi connectivity index (χ2n) is 9.27. The molecule has 0 N–H and O–H groups in total. The lowest BCUT2D eigenvalue weighted by atomic mass is 9.75. The fourth-order valence-corrected chi connectivity index (χ4v) is 4.12. The number of esters is 1. The molecule has 0 saturated carbocycles. The molecule has 0 radical (unpaired) electrons. The van der Waals surface area contributed by atoms with Crippen LogP contribution in [0.2, 0.25) is 0 Å². The van der Waals surface area contributed by atoms with Gasteiger partial charge in [0.25, 0.3) is 0 Å². The monoisotopic (exact) mass is 414 g/mol. The van der Waals surface area contributed by atoms with Crippen LogP contribution in [0.15, 0.2) is 24.0 Å². The summed E-state index contributed by atoms with van der Waals surface area (Å²) in [4.78, 5) is 25.5. The number of ketones is 1. The summed E-state index contributed by atoms with van der Waals surface area (Å²) >= 11 is 0. The number of unbranched alkanes of at least 4 members (excludes halogenated alkanes) is 6. The lowest BCUT2D eigenvalue weighted by Crippen LogP contribution is -2.27. The van der Waals surface area contributed by atoms with Crippen LogP contribution >= 0.6 is 0 Å². The molecule has 0 saturated heterocycles. The van der Waals surface area contributed by atoms with E-state index < -0.39 is 0 Å². The van der Waals surface area contributed by atoms with E-state index in [4.69, 9.17) is 9.47 Å². The summed E-state index contributed by atoms with van der Waals surface area (Å²) in [5.41, 5.74) is 2.09. The van der Waals surface area contributed by atoms with Crippen molar-refractivity contribution in [2.75, 3.05) is 7.11 Å². The molecule has 30 heavy (non-hydrogen) atoms. The minimum absolute atomic E-state index is 0.0366. The fourth-order valence-electron chi connectivity index (χ4n) is 4.12. The summed E-state index contributed by atoms with van der Waals surface area (Å²) in [5.74, 6) is 1.11. The third-order valence-corrected chi connectivity index (χ3v) is 5.74. The molecule has 0 bridgehead atoms. The van der Waals surface area contributed by atoms with Gasteiger partial charge in [0.2, 0.25) is 0 Å². The molecule has 1 aromatic rings. The summed E-state index contributed by atoms with van der Waals surface area (Å²) in [6.07, 6.45) is 9.53. The highest BCUT2D eigenvalue weighted by atomic mass is 16.5. The summed E-state index contributed by atoms with van der Waals surface area (Å²) in [7, 11) is 1.63. The molecule has 0 atom stereocenters. The van der Waals surface area contributed by atoms with E-state index in [0.717, 1.165) is 36.1 Å². The van der Waals surface area contributed by atoms with E-state index >= 15 is 0 Å². The molecule has 1 aromatic carbocycles. The van der Waals surface area contributed by atoms with Gasteiger partial charge in [0, 0.05) is 19.3 Å². The Balaban J connectivity index is 2.09. The smallest absolute Gasteiger partial charge is 0.310 e. The molecule has 4 nitrogen and oxygen atoms in total. The van der Waals surface area contributed by atoms with Crippen LogP contribution in [0.5, 0.6) is 5.75 Å². The predicted molar refractivity (Wildman–Crippen MR) is 121 cm³/mol. The van der Waals surface area contributed by atoms with Gasteiger partial charge in [-0.25, -0.2) is 0 Å². The first-order valence-electron chi connectivity index (χ1n) is 11.4. The van der Waals surface area contributed by atoms with Gasteiger partial charge in [0.15, 0.2) is 5.78 Å². The van der Waals surface area contributed by atoms with Crippen molar-refractivity contribution in [3.8, 4) is 5.75 Å². The van der Waals surface area contributed by atoms with Gasteiger partial charge in [-0.1, -0.05) is 65.4 Å². The molecular formula is C26H38O4. The number of hydrogen-bond acceptors (Lipinski definition) is 4. The van der Waals surface area contributed by atoms with E-state index in [1.54, 1.807) is 7.11 Å². The molecule has 0 aromatic heterocycles. The van der Waals surface area contributed by atoms with E-state index in [9.17, 15) is 9.59 Å². The molecule has 166 valence electrons. The number of carbonyl (C=O) groups excluding carboxylic acids is 2. The van der Waals surface area contributed by atoms with E-state index in [1.165, 1.54) is 25.7 Å². The summed E-state index contributed by atoms with van der Waals surface area (Å²) in [5, 5.41) is 0. The minimum Gasteiger partial charge on any atom is -0.496 e. The highest BCUT2D eigenvalue weighted by Crippen LogP contribution is 2.41. The average molecular weight is 415 g/mol. The maximum atomic E-state index is 13.0. The van der Waals surface area contributed by atoms with Gasteiger partial charge in [0.1, 0.15) is 11.5 Å². The molecule has 0 amide bonds. The highest BCUT2D eigenvalue weighted by Gasteiger charge is 2.35. The molecular weight excluding hydrogens is 376 g/mol. The Labute approximate surface area is 182 Å². The molecule has 4 heteroatoms. The minimum atomic E-state index is -0.230. The third kappa shape index (κ3) is 7.00. The molecule has 0 spiro atoms. The van der Waals surface area contributed by atoms with E-state index in [1.807, 2.05) is 39.0 Å². The van der Waals surface area contributed by atoms with Crippen molar-refractivity contribution in [3.05, 3.63) is 35.1 Å². The topological polar surface area (TPSA) is 52.6 Å². The van der Waals surface area contributed by atoms with Gasteiger partial charge in [0.05, 0.1) is 12.7 Å². The number of carbonyl (C=O) groups is 2. The standard InChI is InChI=1S/C26H38O4/c1-6-7-8-9-10-11-12-13-24(28)30-23-18-26(3,4)17-21(27)25(23)20-14-15-22(29-5)19(2)16-20/h14-16H,6-13,17-18H2,1-5H3. The number of allylic oxidation sites excluding steroid dienone is 2. The van der Waals surface area contributed by atoms with Gasteiger partial charge >= 0.3 is 5.97 Å². The Morgan fingerprint density at radius 2 is 1.70 bits per heavy atom. The lowest BCUT2D eigenvalue weighted by molar-refractivity contribution is -0.140. The zero-order valence-electron chi connectivity index (χ0n) is 19.4. The summed E-state index contributed by atoms with van der Waals surface area (Å²) in [6.45, 7) is 8.26. The second-order valence-corrected chi connectivity index (χ2v) is 9.27.